The van der Waals surface area contributed by atoms with Crippen molar-refractivity contribution in [2.45, 2.75) is 32.8 Å². The van der Waals surface area contributed by atoms with Crippen molar-refractivity contribution in [1.82, 2.24) is 9.88 Å². The second kappa shape index (κ2) is 6.20. The molecule has 1 saturated heterocycles. The van der Waals surface area contributed by atoms with Crippen LogP contribution in [0.1, 0.15) is 27.2 Å². The Morgan fingerprint density at radius 1 is 1.52 bits per heavy atom. The van der Waals surface area contributed by atoms with E-state index in [1.807, 2.05) is 20.8 Å². The largest absolute Gasteiger partial charge is 0.491 e. The van der Waals surface area contributed by atoms with E-state index in [9.17, 15) is 4.79 Å². The topological polar surface area (TPSA) is 77.7 Å². The summed E-state index contributed by atoms with van der Waals surface area (Å²) < 4.78 is 11.1. The van der Waals surface area contributed by atoms with Crippen molar-refractivity contribution in [3.63, 3.8) is 0 Å². The summed E-state index contributed by atoms with van der Waals surface area (Å²) in [5.41, 5.74) is 5.84. The number of rotatable bonds is 3. The molecule has 1 amide bonds. The van der Waals surface area contributed by atoms with Crippen molar-refractivity contribution in [3.05, 3.63) is 18.5 Å². The molecule has 116 valence electrons. The van der Waals surface area contributed by atoms with Gasteiger partial charge in [0, 0.05) is 31.3 Å². The zero-order valence-corrected chi connectivity index (χ0v) is 12.8. The summed E-state index contributed by atoms with van der Waals surface area (Å²) in [7, 11) is 0. The molecular formula is C15H23N3O3. The molecule has 0 radical (unpaired) electrons. The highest BCUT2D eigenvalue weighted by Gasteiger charge is 2.30. The van der Waals surface area contributed by atoms with Crippen LogP contribution in [0.3, 0.4) is 0 Å². The van der Waals surface area contributed by atoms with E-state index in [0.717, 1.165) is 6.42 Å². The molecule has 1 unspecified atom stereocenters. The van der Waals surface area contributed by atoms with Gasteiger partial charge >= 0.3 is 6.09 Å². The fourth-order valence-corrected chi connectivity index (χ4v) is 2.19. The number of amides is 1. The third-order valence-electron chi connectivity index (χ3n) is 3.22. The lowest BCUT2D eigenvalue weighted by Gasteiger charge is -2.24. The molecule has 0 bridgehead atoms. The van der Waals surface area contributed by atoms with Gasteiger partial charge in [0.05, 0.1) is 18.5 Å². The van der Waals surface area contributed by atoms with E-state index in [1.54, 1.807) is 23.4 Å². The Bertz CT molecular complexity index is 499. The van der Waals surface area contributed by atoms with Gasteiger partial charge in [0.25, 0.3) is 0 Å². The molecule has 2 heterocycles. The van der Waals surface area contributed by atoms with Crippen LogP contribution in [0, 0.1) is 5.92 Å². The van der Waals surface area contributed by atoms with E-state index >= 15 is 0 Å². The first-order valence-electron chi connectivity index (χ1n) is 7.15. The Labute approximate surface area is 125 Å². The summed E-state index contributed by atoms with van der Waals surface area (Å²) in [6.45, 7) is 7.50. The van der Waals surface area contributed by atoms with Crippen LogP contribution in [-0.2, 0) is 4.74 Å². The fraction of sp³-hybridized carbons (Fsp3) is 0.600. The SMILES string of the molecule is CC(C)(C)OC(=O)N1CCC(COc2ccncc2N)C1. The molecule has 0 saturated carbocycles. The Hall–Kier alpha value is -1.98. The molecule has 21 heavy (non-hydrogen) atoms. The molecule has 1 fully saturated rings. The number of aromatic nitrogens is 1. The van der Waals surface area contributed by atoms with Crippen molar-refractivity contribution >= 4 is 11.8 Å². The summed E-state index contributed by atoms with van der Waals surface area (Å²) in [4.78, 5) is 17.6. The number of hydrogen-bond acceptors (Lipinski definition) is 5. The van der Waals surface area contributed by atoms with E-state index < -0.39 is 5.60 Å². The molecule has 6 heteroatoms. The number of nitrogens with two attached hydrogens (primary N) is 1. The summed E-state index contributed by atoms with van der Waals surface area (Å²) in [6, 6.07) is 1.75. The van der Waals surface area contributed by atoms with Crippen molar-refractivity contribution in [2.24, 2.45) is 5.92 Å². The van der Waals surface area contributed by atoms with Gasteiger partial charge in [-0.1, -0.05) is 0 Å². The number of nitrogen functional groups attached to an aromatic ring is 1. The van der Waals surface area contributed by atoms with Crippen LogP contribution in [0.25, 0.3) is 0 Å². The molecule has 1 aliphatic heterocycles. The second-order valence-electron chi connectivity index (χ2n) is 6.31. The first kappa shape index (κ1) is 15.4. The molecule has 2 N–H and O–H groups in total. The number of carbonyl (C=O) groups is 1. The van der Waals surface area contributed by atoms with Crippen LogP contribution < -0.4 is 10.5 Å². The van der Waals surface area contributed by atoms with Crippen molar-refractivity contribution in [3.8, 4) is 5.75 Å². The minimum atomic E-state index is -0.461. The van der Waals surface area contributed by atoms with Crippen molar-refractivity contribution < 1.29 is 14.3 Å². The van der Waals surface area contributed by atoms with Gasteiger partial charge in [-0.3, -0.25) is 4.98 Å². The van der Waals surface area contributed by atoms with Crippen LogP contribution in [0.4, 0.5) is 10.5 Å². The van der Waals surface area contributed by atoms with Gasteiger partial charge in [-0.25, -0.2) is 4.79 Å². The average molecular weight is 293 g/mol. The van der Waals surface area contributed by atoms with Crippen LogP contribution in [0.2, 0.25) is 0 Å². The van der Waals surface area contributed by atoms with Crippen molar-refractivity contribution in [2.75, 3.05) is 25.4 Å². The lowest BCUT2D eigenvalue weighted by atomic mass is 10.1. The average Bonchev–Trinajstić information content (AvgIpc) is 2.85. The molecule has 6 nitrogen and oxygen atoms in total. The van der Waals surface area contributed by atoms with Gasteiger partial charge in [-0.15, -0.1) is 0 Å². The van der Waals surface area contributed by atoms with Crippen LogP contribution >= 0.6 is 0 Å². The Balaban J connectivity index is 1.80. The molecular weight excluding hydrogens is 270 g/mol. The maximum Gasteiger partial charge on any atom is 0.410 e. The van der Waals surface area contributed by atoms with Gasteiger partial charge in [0.15, 0.2) is 0 Å². The predicted octanol–water partition coefficient (Wildman–Crippen LogP) is 2.30. The van der Waals surface area contributed by atoms with Gasteiger partial charge in [-0.05, 0) is 27.2 Å². The lowest BCUT2D eigenvalue weighted by Crippen LogP contribution is -2.35. The van der Waals surface area contributed by atoms with Gasteiger partial charge in [-0.2, -0.15) is 0 Å². The third-order valence-corrected chi connectivity index (χ3v) is 3.22. The van der Waals surface area contributed by atoms with Crippen LogP contribution in [0.15, 0.2) is 18.5 Å². The highest BCUT2D eigenvalue weighted by Crippen LogP contribution is 2.23. The zero-order valence-electron chi connectivity index (χ0n) is 12.8. The highest BCUT2D eigenvalue weighted by atomic mass is 16.6. The van der Waals surface area contributed by atoms with E-state index in [1.165, 1.54) is 0 Å². The van der Waals surface area contributed by atoms with E-state index in [0.29, 0.717) is 37.1 Å². The summed E-state index contributed by atoms with van der Waals surface area (Å²) in [5.74, 6) is 0.936. The van der Waals surface area contributed by atoms with Gasteiger partial charge in [0.2, 0.25) is 0 Å². The maximum atomic E-state index is 12.0. The number of carbonyl (C=O) groups excluding carboxylic acids is 1. The number of likely N-dealkylation sites (tertiary alicyclic amines) is 1. The molecule has 1 aromatic rings. The van der Waals surface area contributed by atoms with Crippen LogP contribution in [-0.4, -0.2) is 41.3 Å². The molecule has 1 atom stereocenters. The normalized spacial score (nSPS) is 18.6. The number of pyridine rings is 1. The number of anilines is 1. The van der Waals surface area contributed by atoms with E-state index in [2.05, 4.69) is 4.98 Å². The molecule has 1 aliphatic rings. The first-order valence-corrected chi connectivity index (χ1v) is 7.15. The second-order valence-corrected chi connectivity index (χ2v) is 6.31. The van der Waals surface area contributed by atoms with Crippen molar-refractivity contribution in [1.29, 1.82) is 0 Å². The Morgan fingerprint density at radius 2 is 2.29 bits per heavy atom. The fourth-order valence-electron chi connectivity index (χ4n) is 2.19. The number of ether oxygens (including phenoxy) is 2. The molecule has 0 spiro atoms. The Morgan fingerprint density at radius 3 is 2.95 bits per heavy atom. The monoisotopic (exact) mass is 293 g/mol. The quantitative estimate of drug-likeness (QED) is 0.925. The van der Waals surface area contributed by atoms with Gasteiger partial charge in [0.1, 0.15) is 11.4 Å². The third kappa shape index (κ3) is 4.51. The minimum Gasteiger partial charge on any atom is -0.491 e. The molecule has 2 rings (SSSR count). The smallest absolute Gasteiger partial charge is 0.410 e. The predicted molar refractivity (Wildman–Crippen MR) is 80.1 cm³/mol. The number of hydrogen-bond donors (Lipinski definition) is 1. The maximum absolute atomic E-state index is 12.0. The molecule has 0 aromatic carbocycles. The Kier molecular flexibility index (Phi) is 4.55. The highest BCUT2D eigenvalue weighted by molar-refractivity contribution is 5.68. The van der Waals surface area contributed by atoms with E-state index in [-0.39, 0.29) is 6.09 Å². The lowest BCUT2D eigenvalue weighted by molar-refractivity contribution is 0.0285. The first-order chi connectivity index (χ1) is 9.85. The van der Waals surface area contributed by atoms with Crippen LogP contribution in [0.5, 0.6) is 5.75 Å². The standard InChI is InChI=1S/C15H23N3O3/c1-15(2,3)21-14(19)18-7-5-11(9-18)10-20-13-4-6-17-8-12(13)16/h4,6,8,11H,5,7,9-10,16H2,1-3H3. The van der Waals surface area contributed by atoms with Gasteiger partial charge < -0.3 is 20.1 Å². The molecule has 0 aliphatic carbocycles. The summed E-state index contributed by atoms with van der Waals surface area (Å²) in [6.07, 6.45) is 3.86. The number of nitrogens with zero attached hydrogens (tertiary/aromatic N) is 2. The summed E-state index contributed by atoms with van der Waals surface area (Å²) in [5, 5.41) is 0. The van der Waals surface area contributed by atoms with E-state index in [4.69, 9.17) is 15.2 Å². The molecule has 1 aromatic heterocycles. The zero-order chi connectivity index (χ0) is 15.5. The minimum absolute atomic E-state index is 0.256. The summed E-state index contributed by atoms with van der Waals surface area (Å²) >= 11 is 0.